The highest BCUT2D eigenvalue weighted by atomic mass is 32.2. The lowest BCUT2D eigenvalue weighted by atomic mass is 9.89. The molecule has 1 amide bonds. The van der Waals surface area contributed by atoms with Crippen molar-refractivity contribution < 1.29 is 19.4 Å². The number of nitrogens with one attached hydrogen (secondary N) is 2. The van der Waals surface area contributed by atoms with E-state index >= 15 is 0 Å². The van der Waals surface area contributed by atoms with Crippen LogP contribution in [0.5, 0.6) is 5.75 Å². The Morgan fingerprint density at radius 2 is 1.84 bits per heavy atom. The minimum Gasteiger partial charge on any atom is -0.494 e. The fourth-order valence-electron chi connectivity index (χ4n) is 5.60. The van der Waals surface area contributed by atoms with Crippen molar-refractivity contribution in [2.75, 3.05) is 6.61 Å². The smallest absolute Gasteiger partial charge is 0.264 e. The first kappa shape index (κ1) is 26.0. The zero-order valence-electron chi connectivity index (χ0n) is 22.4. The van der Waals surface area contributed by atoms with E-state index in [0.717, 1.165) is 33.2 Å². The first-order valence-corrected chi connectivity index (χ1v) is 14.2. The maximum atomic E-state index is 14.0. The molecule has 0 aliphatic carbocycles. The van der Waals surface area contributed by atoms with Crippen LogP contribution in [0.25, 0.3) is 10.9 Å². The Kier molecular flexibility index (Phi) is 6.57. The van der Waals surface area contributed by atoms with Gasteiger partial charge in [-0.1, -0.05) is 35.9 Å². The van der Waals surface area contributed by atoms with Gasteiger partial charge in [0.2, 0.25) is 0 Å². The van der Waals surface area contributed by atoms with Gasteiger partial charge in [0.05, 0.1) is 11.5 Å². The predicted molar refractivity (Wildman–Crippen MR) is 151 cm³/mol. The molecule has 1 aliphatic heterocycles. The molecule has 7 nitrogen and oxygen atoms in total. The molecule has 5 rings (SSSR count). The normalized spacial score (nSPS) is 17.5. The molecular weight excluding hydrogens is 498 g/mol. The van der Waals surface area contributed by atoms with Crippen molar-refractivity contribution in [2.45, 2.75) is 58.1 Å². The number of ether oxygens (including phenoxy) is 1. The van der Waals surface area contributed by atoms with E-state index in [1.807, 2.05) is 36.1 Å². The topological polar surface area (TPSA) is 91.5 Å². The van der Waals surface area contributed by atoms with E-state index in [1.54, 1.807) is 25.3 Å². The second-order valence-electron chi connectivity index (χ2n) is 10.2. The third-order valence-electron chi connectivity index (χ3n) is 7.63. The molecule has 0 saturated carbocycles. The lowest BCUT2D eigenvalue weighted by molar-refractivity contribution is -0.131. The lowest BCUT2D eigenvalue weighted by Gasteiger charge is -2.35. The minimum absolute atomic E-state index is 0. The van der Waals surface area contributed by atoms with E-state index in [-0.39, 0.29) is 6.32 Å². The summed E-state index contributed by atoms with van der Waals surface area (Å²) >= 11 is 0. The number of hydrogen-bond donors (Lipinski definition) is 2. The van der Waals surface area contributed by atoms with Crippen molar-refractivity contribution in [3.63, 3.8) is 0 Å². The average Bonchev–Trinajstić information content (AvgIpc) is 3.44. The van der Waals surface area contributed by atoms with Crippen molar-refractivity contribution in [1.29, 1.82) is 0 Å². The van der Waals surface area contributed by atoms with Crippen LogP contribution in [0.3, 0.4) is 0 Å². The van der Waals surface area contributed by atoms with Gasteiger partial charge in [-0.05, 0) is 86.5 Å². The quantitative estimate of drug-likeness (QED) is 0.329. The maximum Gasteiger partial charge on any atom is 0.264 e. The van der Waals surface area contributed by atoms with Crippen molar-refractivity contribution in [3.8, 4) is 5.75 Å². The molecule has 4 aromatic rings. The Labute approximate surface area is 225 Å². The number of aromatic amines is 1. The van der Waals surface area contributed by atoms with Crippen LogP contribution >= 0.6 is 0 Å². The van der Waals surface area contributed by atoms with Crippen molar-refractivity contribution >= 4 is 26.8 Å². The monoisotopic (exact) mass is 533 g/mol. The standard InChI is InChI=1S/C30H33N3O4S.H2/c1-6-37-28-9-7-8-26-25(28)18-33(17-24-20(3)14-19(2)15-21(24)4)30(26,5)29(34)32-38(35,36)23-11-10-22-12-13-31-27(22)16-23;/h7-16,31H,6,17-18H2,1-5H3,(H,32,34);1H. The summed E-state index contributed by atoms with van der Waals surface area (Å²) in [7, 11) is -4.12. The number of carbonyl (C=O) groups is 1. The molecule has 1 unspecified atom stereocenters. The summed E-state index contributed by atoms with van der Waals surface area (Å²) in [6, 6.07) is 16.6. The van der Waals surface area contributed by atoms with Crippen LogP contribution in [-0.2, 0) is 33.4 Å². The van der Waals surface area contributed by atoms with E-state index < -0.39 is 21.5 Å². The number of benzene rings is 3. The molecule has 38 heavy (non-hydrogen) atoms. The average molecular weight is 534 g/mol. The maximum absolute atomic E-state index is 14.0. The summed E-state index contributed by atoms with van der Waals surface area (Å²) in [5, 5.41) is 0.894. The van der Waals surface area contributed by atoms with Gasteiger partial charge in [-0.15, -0.1) is 0 Å². The Hall–Kier alpha value is -3.62. The van der Waals surface area contributed by atoms with Crippen LogP contribution in [0.4, 0.5) is 0 Å². The summed E-state index contributed by atoms with van der Waals surface area (Å²) in [4.78, 5) is 19.1. The van der Waals surface area contributed by atoms with Crippen LogP contribution in [0.15, 0.2) is 65.7 Å². The van der Waals surface area contributed by atoms with Gasteiger partial charge >= 0.3 is 0 Å². The van der Waals surface area contributed by atoms with Gasteiger partial charge in [-0.3, -0.25) is 9.69 Å². The molecule has 0 bridgehead atoms. The van der Waals surface area contributed by atoms with Crippen LogP contribution in [0.2, 0.25) is 0 Å². The fraction of sp³-hybridized carbons (Fsp3) is 0.300. The number of aromatic nitrogens is 1. The van der Waals surface area contributed by atoms with Gasteiger partial charge in [0.1, 0.15) is 11.3 Å². The third-order valence-corrected chi connectivity index (χ3v) is 8.96. The number of aryl methyl sites for hydroxylation is 3. The third kappa shape index (κ3) is 4.37. The summed E-state index contributed by atoms with van der Waals surface area (Å²) in [5.74, 6) is 0.114. The number of rotatable bonds is 7. The highest BCUT2D eigenvalue weighted by Gasteiger charge is 2.49. The Morgan fingerprint density at radius 1 is 1.11 bits per heavy atom. The molecule has 0 radical (unpaired) electrons. The molecular formula is C30H35N3O4S. The Bertz CT molecular complexity index is 1640. The summed E-state index contributed by atoms with van der Waals surface area (Å²) < 4.78 is 35.1. The summed E-state index contributed by atoms with van der Waals surface area (Å²) in [6.07, 6.45) is 1.75. The van der Waals surface area contributed by atoms with Gasteiger partial charge in [-0.25, -0.2) is 13.1 Å². The van der Waals surface area contributed by atoms with Crippen molar-refractivity contribution in [1.82, 2.24) is 14.6 Å². The number of amides is 1. The second-order valence-corrected chi connectivity index (χ2v) is 11.9. The van der Waals surface area contributed by atoms with Gasteiger partial charge in [0.25, 0.3) is 15.9 Å². The van der Waals surface area contributed by atoms with Crippen molar-refractivity contribution in [2.24, 2.45) is 0 Å². The molecule has 2 N–H and O–H groups in total. The molecule has 200 valence electrons. The molecule has 0 saturated heterocycles. The molecule has 1 atom stereocenters. The number of nitrogens with zero attached hydrogens (tertiary/aromatic N) is 1. The summed E-state index contributed by atoms with van der Waals surface area (Å²) in [6.45, 7) is 11.4. The van der Waals surface area contributed by atoms with E-state index in [9.17, 15) is 13.2 Å². The van der Waals surface area contributed by atoms with E-state index in [4.69, 9.17) is 4.74 Å². The number of sulfonamides is 1. The van der Waals surface area contributed by atoms with E-state index in [2.05, 4.69) is 42.6 Å². The predicted octanol–water partition coefficient (Wildman–Crippen LogP) is 5.47. The highest BCUT2D eigenvalue weighted by Crippen LogP contribution is 2.44. The van der Waals surface area contributed by atoms with Crippen LogP contribution in [0, 0.1) is 20.8 Å². The molecule has 0 fully saturated rings. The number of carbonyl (C=O) groups excluding carboxylic acids is 1. The van der Waals surface area contributed by atoms with Gasteiger partial charge in [0.15, 0.2) is 0 Å². The van der Waals surface area contributed by atoms with E-state index in [1.165, 1.54) is 11.6 Å². The van der Waals surface area contributed by atoms with Gasteiger partial charge < -0.3 is 9.72 Å². The minimum atomic E-state index is -4.12. The fourth-order valence-corrected chi connectivity index (χ4v) is 6.68. The zero-order valence-corrected chi connectivity index (χ0v) is 23.2. The Morgan fingerprint density at radius 3 is 2.55 bits per heavy atom. The van der Waals surface area contributed by atoms with E-state index in [0.29, 0.717) is 31.0 Å². The largest absolute Gasteiger partial charge is 0.494 e. The number of fused-ring (bicyclic) bond motifs is 2. The van der Waals surface area contributed by atoms with Crippen LogP contribution < -0.4 is 9.46 Å². The van der Waals surface area contributed by atoms with Crippen molar-refractivity contribution in [3.05, 3.63) is 94.2 Å². The molecule has 2 heterocycles. The van der Waals surface area contributed by atoms with Gasteiger partial charge in [-0.2, -0.15) is 0 Å². The Balaban J connectivity index is 0.00000353. The second kappa shape index (κ2) is 9.60. The first-order valence-electron chi connectivity index (χ1n) is 12.8. The number of hydrogen-bond acceptors (Lipinski definition) is 5. The molecule has 3 aromatic carbocycles. The summed E-state index contributed by atoms with van der Waals surface area (Å²) in [5.41, 5.74) is 5.67. The molecule has 8 heteroatoms. The molecule has 0 spiro atoms. The molecule has 1 aromatic heterocycles. The zero-order chi connectivity index (χ0) is 27.2. The SMILES string of the molecule is CCOc1cccc2c1CN(Cc1c(C)cc(C)cc1C)C2(C)C(=O)NS(=O)(=O)c1ccc2cc[nH]c2c1.[HH]. The molecule has 1 aliphatic rings. The highest BCUT2D eigenvalue weighted by molar-refractivity contribution is 7.90. The van der Waals surface area contributed by atoms with Crippen LogP contribution in [0.1, 0.15) is 48.7 Å². The van der Waals surface area contributed by atoms with Crippen LogP contribution in [-0.4, -0.2) is 30.8 Å². The lowest BCUT2D eigenvalue weighted by Crippen LogP contribution is -2.52. The number of H-pyrrole nitrogens is 1. The van der Waals surface area contributed by atoms with Gasteiger partial charge in [0, 0.05) is 31.8 Å². The first-order chi connectivity index (χ1) is 18.0.